The molecular weight excluding hydrogens is 192 g/mol. The predicted molar refractivity (Wildman–Crippen MR) is 59.7 cm³/mol. The first-order chi connectivity index (χ1) is 6.94. The van der Waals surface area contributed by atoms with E-state index in [1.165, 1.54) is 0 Å². The van der Waals surface area contributed by atoms with Crippen molar-refractivity contribution < 1.29 is 9.53 Å². The highest BCUT2D eigenvalue weighted by molar-refractivity contribution is 5.80. The van der Waals surface area contributed by atoms with Crippen molar-refractivity contribution in [2.75, 3.05) is 13.7 Å². The maximum Gasteiger partial charge on any atom is 0.236 e. The molecule has 4 nitrogen and oxygen atoms in total. The molecule has 1 heterocycles. The lowest BCUT2D eigenvalue weighted by Crippen LogP contribution is -2.50. The molecule has 0 bridgehead atoms. The molecule has 4 heteroatoms. The fourth-order valence-electron chi connectivity index (χ4n) is 2.02. The van der Waals surface area contributed by atoms with Crippen molar-refractivity contribution in [1.29, 1.82) is 0 Å². The zero-order valence-electron chi connectivity index (χ0n) is 10.1. The molecule has 15 heavy (non-hydrogen) atoms. The van der Waals surface area contributed by atoms with Crippen LogP contribution in [0.3, 0.4) is 0 Å². The number of carbonyl (C=O) groups excluding carboxylic acids is 1. The van der Waals surface area contributed by atoms with E-state index in [1.807, 2.05) is 6.92 Å². The van der Waals surface area contributed by atoms with Crippen molar-refractivity contribution >= 4 is 5.91 Å². The van der Waals surface area contributed by atoms with Gasteiger partial charge < -0.3 is 15.4 Å². The van der Waals surface area contributed by atoms with E-state index in [4.69, 9.17) is 4.74 Å². The number of likely N-dealkylation sites (N-methyl/N-ethyl adjacent to an activating group) is 1. The van der Waals surface area contributed by atoms with Gasteiger partial charge in [0.25, 0.3) is 0 Å². The van der Waals surface area contributed by atoms with Gasteiger partial charge in [0.15, 0.2) is 0 Å². The third-order valence-electron chi connectivity index (χ3n) is 2.82. The summed E-state index contributed by atoms with van der Waals surface area (Å²) >= 11 is 0. The van der Waals surface area contributed by atoms with Gasteiger partial charge in [0.1, 0.15) is 0 Å². The van der Waals surface area contributed by atoms with Gasteiger partial charge in [-0.25, -0.2) is 0 Å². The fourth-order valence-corrected chi connectivity index (χ4v) is 2.02. The van der Waals surface area contributed by atoms with E-state index < -0.39 is 0 Å². The Morgan fingerprint density at radius 2 is 2.20 bits per heavy atom. The van der Waals surface area contributed by atoms with Crippen molar-refractivity contribution in [2.45, 2.75) is 51.3 Å². The molecule has 0 aromatic heterocycles. The smallest absolute Gasteiger partial charge is 0.236 e. The minimum absolute atomic E-state index is 0.0410. The zero-order chi connectivity index (χ0) is 11.5. The second-order valence-electron chi connectivity index (χ2n) is 4.80. The van der Waals surface area contributed by atoms with Crippen LogP contribution in [0.25, 0.3) is 0 Å². The van der Waals surface area contributed by atoms with E-state index in [9.17, 15) is 4.79 Å². The van der Waals surface area contributed by atoms with Crippen LogP contribution in [-0.2, 0) is 9.53 Å². The molecular formula is C11H22N2O2. The minimum Gasteiger partial charge on any atom is -0.375 e. The van der Waals surface area contributed by atoms with Crippen molar-refractivity contribution in [3.8, 4) is 0 Å². The first-order valence-corrected chi connectivity index (χ1v) is 5.56. The van der Waals surface area contributed by atoms with Crippen molar-refractivity contribution in [3.63, 3.8) is 0 Å². The second-order valence-corrected chi connectivity index (χ2v) is 4.80. The molecule has 0 aromatic rings. The normalized spacial score (nSPS) is 27.1. The summed E-state index contributed by atoms with van der Waals surface area (Å²) in [6.07, 6.45) is 1.93. The number of ether oxygens (including phenoxy) is 1. The Morgan fingerprint density at radius 3 is 2.73 bits per heavy atom. The average molecular weight is 214 g/mol. The molecule has 1 amide bonds. The van der Waals surface area contributed by atoms with Crippen LogP contribution >= 0.6 is 0 Å². The highest BCUT2D eigenvalue weighted by Gasteiger charge is 2.30. The van der Waals surface area contributed by atoms with E-state index in [2.05, 4.69) is 24.5 Å². The van der Waals surface area contributed by atoms with E-state index in [-0.39, 0.29) is 17.6 Å². The molecule has 1 fully saturated rings. The van der Waals surface area contributed by atoms with Crippen molar-refractivity contribution in [3.05, 3.63) is 0 Å². The van der Waals surface area contributed by atoms with Crippen LogP contribution < -0.4 is 10.6 Å². The monoisotopic (exact) mass is 214 g/mol. The maximum atomic E-state index is 11.3. The number of carbonyl (C=O) groups is 1. The van der Waals surface area contributed by atoms with E-state index in [0.29, 0.717) is 6.04 Å². The number of hydrogen-bond donors (Lipinski definition) is 2. The largest absolute Gasteiger partial charge is 0.375 e. The molecule has 0 spiro atoms. The SMILES string of the molecule is CNC(=O)C(C)NC1CCOC(C)(C)C1. The number of nitrogens with one attached hydrogen (secondary N) is 2. The second kappa shape index (κ2) is 4.94. The minimum atomic E-state index is -0.131. The van der Waals surface area contributed by atoms with Gasteiger partial charge in [-0.05, 0) is 33.6 Å². The summed E-state index contributed by atoms with van der Waals surface area (Å²) in [7, 11) is 1.66. The molecule has 1 saturated heterocycles. The van der Waals surface area contributed by atoms with E-state index >= 15 is 0 Å². The average Bonchev–Trinajstić information content (AvgIpc) is 2.14. The quantitative estimate of drug-likeness (QED) is 0.726. The molecule has 1 aliphatic heterocycles. The van der Waals surface area contributed by atoms with Crippen LogP contribution in [0.4, 0.5) is 0 Å². The van der Waals surface area contributed by atoms with Gasteiger partial charge in [0, 0.05) is 19.7 Å². The molecule has 0 aromatic carbocycles. The molecule has 0 aliphatic carbocycles. The van der Waals surface area contributed by atoms with Gasteiger partial charge in [0.05, 0.1) is 11.6 Å². The van der Waals surface area contributed by atoms with Gasteiger partial charge in [-0.1, -0.05) is 0 Å². The molecule has 88 valence electrons. The van der Waals surface area contributed by atoms with Crippen LogP contribution in [0.2, 0.25) is 0 Å². The summed E-state index contributed by atoms with van der Waals surface area (Å²) in [5.41, 5.74) is -0.0711. The Morgan fingerprint density at radius 1 is 1.53 bits per heavy atom. The molecule has 2 unspecified atom stereocenters. The molecule has 0 radical (unpaired) electrons. The molecule has 2 N–H and O–H groups in total. The van der Waals surface area contributed by atoms with Crippen LogP contribution in [0.5, 0.6) is 0 Å². The molecule has 1 aliphatic rings. The Balaban J connectivity index is 2.41. The van der Waals surface area contributed by atoms with Crippen molar-refractivity contribution in [2.24, 2.45) is 0 Å². The molecule has 1 rings (SSSR count). The lowest BCUT2D eigenvalue weighted by atomic mass is 9.93. The lowest BCUT2D eigenvalue weighted by molar-refractivity contribution is -0.123. The van der Waals surface area contributed by atoms with E-state index in [0.717, 1.165) is 19.4 Å². The molecule has 2 atom stereocenters. The van der Waals surface area contributed by atoms with Crippen LogP contribution in [0, 0.1) is 0 Å². The summed E-state index contributed by atoms with van der Waals surface area (Å²) in [5, 5.41) is 5.98. The Hall–Kier alpha value is -0.610. The highest BCUT2D eigenvalue weighted by Crippen LogP contribution is 2.24. The van der Waals surface area contributed by atoms with Crippen molar-refractivity contribution in [1.82, 2.24) is 10.6 Å². The summed E-state index contributed by atoms with van der Waals surface area (Å²) < 4.78 is 5.62. The first-order valence-electron chi connectivity index (χ1n) is 5.56. The highest BCUT2D eigenvalue weighted by atomic mass is 16.5. The predicted octanol–water partition coefficient (Wildman–Crippen LogP) is 0.668. The zero-order valence-corrected chi connectivity index (χ0v) is 10.1. The standard InChI is InChI=1S/C11H22N2O2/c1-8(10(14)12-4)13-9-5-6-15-11(2,3)7-9/h8-9,13H,5-7H2,1-4H3,(H,12,14). The number of amides is 1. The van der Waals surface area contributed by atoms with Crippen LogP contribution in [0.15, 0.2) is 0 Å². The lowest BCUT2D eigenvalue weighted by Gasteiger charge is -2.36. The Kier molecular flexibility index (Phi) is 4.11. The van der Waals surface area contributed by atoms with Gasteiger partial charge in [0.2, 0.25) is 5.91 Å². The Labute approximate surface area is 91.8 Å². The number of hydrogen-bond acceptors (Lipinski definition) is 3. The summed E-state index contributed by atoms with van der Waals surface area (Å²) in [6.45, 7) is 6.84. The van der Waals surface area contributed by atoms with Crippen LogP contribution in [0.1, 0.15) is 33.6 Å². The Bertz CT molecular complexity index is 229. The third-order valence-corrected chi connectivity index (χ3v) is 2.82. The first kappa shape index (κ1) is 12.5. The van der Waals surface area contributed by atoms with Crippen LogP contribution in [-0.4, -0.2) is 37.2 Å². The van der Waals surface area contributed by atoms with Gasteiger partial charge in [-0.15, -0.1) is 0 Å². The molecule has 0 saturated carbocycles. The van der Waals surface area contributed by atoms with E-state index in [1.54, 1.807) is 7.05 Å². The third kappa shape index (κ3) is 3.80. The number of rotatable bonds is 3. The fraction of sp³-hybridized carbons (Fsp3) is 0.909. The topological polar surface area (TPSA) is 50.4 Å². The van der Waals surface area contributed by atoms with Gasteiger partial charge >= 0.3 is 0 Å². The summed E-state index contributed by atoms with van der Waals surface area (Å²) in [5.74, 6) is 0.0410. The maximum absolute atomic E-state index is 11.3. The summed E-state index contributed by atoms with van der Waals surface area (Å²) in [4.78, 5) is 11.3. The van der Waals surface area contributed by atoms with Gasteiger partial charge in [-0.2, -0.15) is 0 Å². The van der Waals surface area contributed by atoms with Gasteiger partial charge in [-0.3, -0.25) is 4.79 Å². The summed E-state index contributed by atoms with van der Waals surface area (Å²) in [6, 6.07) is 0.245.